The summed E-state index contributed by atoms with van der Waals surface area (Å²) in [6.07, 6.45) is 4.43. The minimum Gasteiger partial charge on any atom is -0.252 e. The van der Waals surface area contributed by atoms with Crippen molar-refractivity contribution in [1.82, 2.24) is 15.0 Å². The van der Waals surface area contributed by atoms with Gasteiger partial charge in [0.15, 0.2) is 0 Å². The summed E-state index contributed by atoms with van der Waals surface area (Å²) in [5, 5.41) is 8.12. The molecule has 0 amide bonds. The van der Waals surface area contributed by atoms with Crippen LogP contribution in [-0.2, 0) is 6.54 Å². The van der Waals surface area contributed by atoms with Gasteiger partial charge in [0.1, 0.15) is 0 Å². The highest BCUT2D eigenvalue weighted by atomic mass is 15.4. The molecule has 3 heteroatoms. The van der Waals surface area contributed by atoms with Crippen molar-refractivity contribution >= 4 is 0 Å². The van der Waals surface area contributed by atoms with Gasteiger partial charge in [-0.3, -0.25) is 4.68 Å². The van der Waals surface area contributed by atoms with Crippen LogP contribution in [0.4, 0.5) is 0 Å². The lowest BCUT2D eigenvalue weighted by atomic mass is 10.2. The predicted molar refractivity (Wildman–Crippen MR) is 49.0 cm³/mol. The van der Waals surface area contributed by atoms with Crippen LogP contribution < -0.4 is 0 Å². The summed E-state index contributed by atoms with van der Waals surface area (Å²) in [4.78, 5) is 0. The van der Waals surface area contributed by atoms with Gasteiger partial charge in [-0.1, -0.05) is 32.4 Å². The molecule has 0 aliphatic carbocycles. The van der Waals surface area contributed by atoms with Gasteiger partial charge in [-0.15, -0.1) is 5.10 Å². The van der Waals surface area contributed by atoms with Crippen molar-refractivity contribution in [2.24, 2.45) is 0 Å². The normalized spacial score (nSPS) is 11.0. The highest BCUT2D eigenvalue weighted by Crippen LogP contribution is 2.09. The van der Waals surface area contributed by atoms with Crippen molar-refractivity contribution in [3.63, 3.8) is 0 Å². The maximum absolute atomic E-state index is 4.08. The summed E-state index contributed by atoms with van der Waals surface area (Å²) in [5.41, 5.74) is 1.09. The number of aromatic nitrogens is 3. The molecule has 0 unspecified atom stereocenters. The van der Waals surface area contributed by atoms with Crippen molar-refractivity contribution in [2.75, 3.05) is 0 Å². The molecule has 1 aromatic heterocycles. The van der Waals surface area contributed by atoms with Gasteiger partial charge in [0, 0.05) is 12.7 Å². The van der Waals surface area contributed by atoms with E-state index in [1.165, 1.54) is 12.8 Å². The van der Waals surface area contributed by atoms with Crippen LogP contribution in [0.5, 0.6) is 0 Å². The number of unbranched alkanes of at least 4 members (excludes halogenated alkanes) is 1. The average Bonchev–Trinajstić information content (AvgIpc) is 2.48. The van der Waals surface area contributed by atoms with E-state index in [1.54, 1.807) is 0 Å². The Bertz CT molecular complexity index is 227. The highest BCUT2D eigenvalue weighted by molar-refractivity contribution is 4.97. The molecule has 3 nitrogen and oxygen atoms in total. The molecule has 12 heavy (non-hydrogen) atoms. The van der Waals surface area contributed by atoms with Crippen molar-refractivity contribution in [2.45, 2.75) is 46.1 Å². The van der Waals surface area contributed by atoms with Gasteiger partial charge in [0.25, 0.3) is 0 Å². The van der Waals surface area contributed by atoms with Crippen LogP contribution in [0, 0.1) is 0 Å². The van der Waals surface area contributed by atoms with E-state index in [4.69, 9.17) is 0 Å². The van der Waals surface area contributed by atoms with Gasteiger partial charge in [-0.2, -0.15) is 0 Å². The van der Waals surface area contributed by atoms with E-state index in [-0.39, 0.29) is 0 Å². The molecule has 0 spiro atoms. The van der Waals surface area contributed by atoms with E-state index in [0.717, 1.165) is 12.2 Å². The molecule has 1 aromatic rings. The largest absolute Gasteiger partial charge is 0.252 e. The second kappa shape index (κ2) is 4.24. The van der Waals surface area contributed by atoms with Crippen molar-refractivity contribution in [3.05, 3.63) is 11.9 Å². The maximum Gasteiger partial charge on any atom is 0.0852 e. The first-order valence-corrected chi connectivity index (χ1v) is 4.64. The molecule has 0 radical (unpaired) electrons. The van der Waals surface area contributed by atoms with Crippen LogP contribution in [0.3, 0.4) is 0 Å². The van der Waals surface area contributed by atoms with Crippen LogP contribution in [0.25, 0.3) is 0 Å². The van der Waals surface area contributed by atoms with Crippen LogP contribution >= 0.6 is 0 Å². The third-order valence-electron chi connectivity index (χ3n) is 1.89. The lowest BCUT2D eigenvalue weighted by Crippen LogP contribution is -1.97. The van der Waals surface area contributed by atoms with E-state index in [2.05, 4.69) is 31.1 Å². The van der Waals surface area contributed by atoms with Crippen LogP contribution in [0.15, 0.2) is 6.20 Å². The highest BCUT2D eigenvalue weighted by Gasteiger charge is 2.03. The van der Waals surface area contributed by atoms with Gasteiger partial charge in [-0.05, 0) is 12.3 Å². The van der Waals surface area contributed by atoms with Crippen molar-refractivity contribution in [1.29, 1.82) is 0 Å². The number of nitrogens with zero attached hydrogens (tertiary/aromatic N) is 3. The van der Waals surface area contributed by atoms with Crippen LogP contribution in [0.1, 0.15) is 45.2 Å². The summed E-state index contributed by atoms with van der Waals surface area (Å²) in [7, 11) is 0. The first-order valence-electron chi connectivity index (χ1n) is 4.64. The second-order valence-corrected chi connectivity index (χ2v) is 3.41. The van der Waals surface area contributed by atoms with E-state index in [9.17, 15) is 0 Å². The van der Waals surface area contributed by atoms with Crippen LogP contribution in [-0.4, -0.2) is 15.0 Å². The Morgan fingerprint density at radius 2 is 2.25 bits per heavy atom. The monoisotopic (exact) mass is 167 g/mol. The molecule has 0 saturated heterocycles. The molecule has 0 saturated carbocycles. The van der Waals surface area contributed by atoms with E-state index in [0.29, 0.717) is 5.92 Å². The molecule has 0 aliphatic heterocycles. The van der Waals surface area contributed by atoms with Crippen molar-refractivity contribution in [3.8, 4) is 0 Å². The van der Waals surface area contributed by atoms with E-state index < -0.39 is 0 Å². The predicted octanol–water partition coefficient (Wildman–Crippen LogP) is 2.20. The number of rotatable bonds is 4. The summed E-state index contributed by atoms with van der Waals surface area (Å²) in [5.74, 6) is 0.486. The molecule has 0 aliphatic rings. The average molecular weight is 167 g/mol. The number of aryl methyl sites for hydroxylation is 1. The quantitative estimate of drug-likeness (QED) is 0.688. The third kappa shape index (κ3) is 2.32. The van der Waals surface area contributed by atoms with Gasteiger partial charge in [0.2, 0.25) is 0 Å². The lowest BCUT2D eigenvalue weighted by Gasteiger charge is -1.97. The fraction of sp³-hybridized carbons (Fsp3) is 0.778. The van der Waals surface area contributed by atoms with Gasteiger partial charge in [0.05, 0.1) is 5.69 Å². The molecule has 68 valence electrons. The Kier molecular flexibility index (Phi) is 3.26. The molecule has 1 rings (SSSR count). The van der Waals surface area contributed by atoms with Gasteiger partial charge < -0.3 is 0 Å². The maximum atomic E-state index is 4.08. The second-order valence-electron chi connectivity index (χ2n) is 3.41. The van der Waals surface area contributed by atoms with Crippen molar-refractivity contribution < 1.29 is 0 Å². The molecule has 0 N–H and O–H groups in total. The topological polar surface area (TPSA) is 30.7 Å². The fourth-order valence-electron chi connectivity index (χ4n) is 1.01. The molecule has 0 aromatic carbocycles. The summed E-state index contributed by atoms with van der Waals surface area (Å²) < 4.78 is 1.93. The van der Waals surface area contributed by atoms with E-state index in [1.807, 2.05) is 10.9 Å². The molecular weight excluding hydrogens is 150 g/mol. The first-order chi connectivity index (χ1) is 5.74. The fourth-order valence-corrected chi connectivity index (χ4v) is 1.01. The van der Waals surface area contributed by atoms with Gasteiger partial charge >= 0.3 is 0 Å². The minimum absolute atomic E-state index is 0.486. The summed E-state index contributed by atoms with van der Waals surface area (Å²) >= 11 is 0. The Labute approximate surface area is 73.8 Å². The Morgan fingerprint density at radius 1 is 1.50 bits per heavy atom. The van der Waals surface area contributed by atoms with Gasteiger partial charge in [-0.25, -0.2) is 0 Å². The lowest BCUT2D eigenvalue weighted by molar-refractivity contribution is 0.553. The molecule has 0 atom stereocenters. The molecule has 0 fully saturated rings. The zero-order valence-electron chi connectivity index (χ0n) is 8.12. The summed E-state index contributed by atoms with van der Waals surface area (Å²) in [6.45, 7) is 7.44. The van der Waals surface area contributed by atoms with Crippen LogP contribution in [0.2, 0.25) is 0 Å². The summed E-state index contributed by atoms with van der Waals surface area (Å²) in [6, 6.07) is 0. The third-order valence-corrected chi connectivity index (χ3v) is 1.89. The van der Waals surface area contributed by atoms with E-state index >= 15 is 0 Å². The molecule has 1 heterocycles. The number of hydrogen-bond donors (Lipinski definition) is 0. The number of hydrogen-bond acceptors (Lipinski definition) is 2. The minimum atomic E-state index is 0.486. The smallest absolute Gasteiger partial charge is 0.0852 e. The molecule has 0 bridgehead atoms. The Hall–Kier alpha value is -0.860. The standard InChI is InChI=1S/C9H17N3/c1-4-5-6-12-7-9(8(2)3)10-11-12/h7-8H,4-6H2,1-3H3. The Morgan fingerprint density at radius 3 is 2.75 bits per heavy atom. The Balaban J connectivity index is 2.52. The molecular formula is C9H17N3. The SMILES string of the molecule is CCCCn1cc(C(C)C)nn1. The first kappa shape index (κ1) is 9.23. The zero-order chi connectivity index (χ0) is 8.97. The zero-order valence-corrected chi connectivity index (χ0v) is 8.12.